The van der Waals surface area contributed by atoms with Gasteiger partial charge in [-0.25, -0.2) is 4.98 Å². The van der Waals surface area contributed by atoms with E-state index in [4.69, 9.17) is 4.74 Å². The number of hydrogen-bond acceptors (Lipinski definition) is 4. The number of thiazole rings is 1. The lowest BCUT2D eigenvalue weighted by molar-refractivity contribution is -0.118. The Hall–Kier alpha value is -1.72. The van der Waals surface area contributed by atoms with Crippen LogP contribution in [-0.2, 0) is 16.0 Å². The van der Waals surface area contributed by atoms with Gasteiger partial charge in [-0.3, -0.25) is 4.79 Å². The molecule has 1 aromatic heterocycles. The Bertz CT molecular complexity index is 696. The van der Waals surface area contributed by atoms with Gasteiger partial charge in [-0.05, 0) is 44.4 Å². The van der Waals surface area contributed by atoms with Crippen molar-refractivity contribution in [3.8, 4) is 11.3 Å². The summed E-state index contributed by atoms with van der Waals surface area (Å²) in [5.41, 5.74) is 4.46. The molecule has 1 aliphatic rings. The summed E-state index contributed by atoms with van der Waals surface area (Å²) in [5.74, 6) is 0.195. The number of carbonyl (C=O) groups is 1. The molecule has 0 saturated heterocycles. The van der Waals surface area contributed by atoms with Crippen LogP contribution >= 0.6 is 11.3 Å². The molecule has 3 rings (SSSR count). The Morgan fingerprint density at radius 1 is 1.43 bits per heavy atom. The van der Waals surface area contributed by atoms with Gasteiger partial charge in [-0.1, -0.05) is 6.07 Å². The summed E-state index contributed by atoms with van der Waals surface area (Å²) in [5, 5.41) is 3.16. The van der Waals surface area contributed by atoms with Gasteiger partial charge in [-0.2, -0.15) is 0 Å². The van der Waals surface area contributed by atoms with Crippen molar-refractivity contribution in [3.63, 3.8) is 0 Å². The molecular formula is C18H22N2O2S. The van der Waals surface area contributed by atoms with Crippen molar-refractivity contribution < 1.29 is 9.53 Å². The lowest BCUT2D eigenvalue weighted by atomic mass is 10.1. The van der Waals surface area contributed by atoms with Crippen LogP contribution in [0.15, 0.2) is 23.6 Å². The van der Waals surface area contributed by atoms with Crippen LogP contribution in [0.3, 0.4) is 0 Å². The first-order chi connectivity index (χ1) is 11.2. The second-order valence-corrected chi connectivity index (χ2v) is 6.75. The van der Waals surface area contributed by atoms with Gasteiger partial charge >= 0.3 is 0 Å². The van der Waals surface area contributed by atoms with E-state index < -0.39 is 0 Å². The van der Waals surface area contributed by atoms with Crippen molar-refractivity contribution in [2.45, 2.75) is 33.1 Å². The lowest BCUT2D eigenvalue weighted by Gasteiger charge is -2.17. The molecule has 4 nitrogen and oxygen atoms in total. The summed E-state index contributed by atoms with van der Waals surface area (Å²) in [7, 11) is 0. The maximum atomic E-state index is 12.4. The maximum absolute atomic E-state index is 12.4. The fraction of sp³-hybridized carbons (Fsp3) is 0.444. The van der Waals surface area contributed by atoms with Crippen LogP contribution in [0.25, 0.3) is 11.3 Å². The van der Waals surface area contributed by atoms with E-state index in [-0.39, 0.29) is 5.91 Å². The third-order valence-electron chi connectivity index (χ3n) is 4.07. The summed E-state index contributed by atoms with van der Waals surface area (Å²) in [6, 6.07) is 6.31. The number of anilines is 1. The van der Waals surface area contributed by atoms with Gasteiger partial charge < -0.3 is 9.64 Å². The zero-order valence-electron chi connectivity index (χ0n) is 13.7. The van der Waals surface area contributed by atoms with Crippen molar-refractivity contribution in [1.82, 2.24) is 4.98 Å². The Labute approximate surface area is 141 Å². The number of carbonyl (C=O) groups excluding carboxylic acids is 1. The summed E-state index contributed by atoms with van der Waals surface area (Å²) in [4.78, 5) is 18.8. The van der Waals surface area contributed by atoms with Gasteiger partial charge in [-0.15, -0.1) is 11.3 Å². The van der Waals surface area contributed by atoms with Gasteiger partial charge in [0.15, 0.2) is 0 Å². The molecule has 2 heterocycles. The van der Waals surface area contributed by atoms with Crippen LogP contribution in [-0.4, -0.2) is 30.6 Å². The third-order valence-corrected chi connectivity index (χ3v) is 4.85. The van der Waals surface area contributed by atoms with Crippen molar-refractivity contribution in [3.05, 3.63) is 34.2 Å². The molecule has 5 heteroatoms. The number of amides is 1. The smallest absolute Gasteiger partial charge is 0.227 e. The zero-order chi connectivity index (χ0) is 16.2. The molecule has 0 radical (unpaired) electrons. The fourth-order valence-corrected chi connectivity index (χ4v) is 3.54. The Morgan fingerprint density at radius 2 is 2.30 bits per heavy atom. The summed E-state index contributed by atoms with van der Waals surface area (Å²) in [6.45, 7) is 6.14. The average Bonchev–Trinajstić information content (AvgIpc) is 3.17. The van der Waals surface area contributed by atoms with E-state index in [1.807, 2.05) is 18.7 Å². The number of benzene rings is 1. The van der Waals surface area contributed by atoms with Gasteiger partial charge in [0.1, 0.15) is 0 Å². The zero-order valence-corrected chi connectivity index (χ0v) is 14.5. The molecule has 0 bridgehead atoms. The average molecular weight is 330 g/mol. The second kappa shape index (κ2) is 7.23. The standard InChI is InChI=1S/C18H22N2O2S/c1-3-22-10-4-5-18(21)20-9-8-15-11-14(6-7-17(15)20)16-12-23-13(2)19-16/h6-7,11-12H,3-5,8-10H2,1-2H3. The molecule has 0 unspecified atom stereocenters. The highest BCUT2D eigenvalue weighted by Gasteiger charge is 2.24. The van der Waals surface area contributed by atoms with Crippen molar-refractivity contribution in [1.29, 1.82) is 0 Å². The number of nitrogens with zero attached hydrogens (tertiary/aromatic N) is 2. The number of fused-ring (bicyclic) bond motifs is 1. The van der Waals surface area contributed by atoms with E-state index in [2.05, 4.69) is 28.6 Å². The molecule has 1 aliphatic heterocycles. The summed E-state index contributed by atoms with van der Waals surface area (Å²) >= 11 is 1.66. The molecule has 0 N–H and O–H groups in total. The minimum Gasteiger partial charge on any atom is -0.382 e. The van der Waals surface area contributed by atoms with E-state index >= 15 is 0 Å². The van der Waals surface area contributed by atoms with E-state index in [0.717, 1.165) is 41.3 Å². The third kappa shape index (κ3) is 3.62. The Morgan fingerprint density at radius 3 is 3.04 bits per heavy atom. The highest BCUT2D eigenvalue weighted by atomic mass is 32.1. The molecule has 0 atom stereocenters. The largest absolute Gasteiger partial charge is 0.382 e. The van der Waals surface area contributed by atoms with Crippen LogP contribution in [0.5, 0.6) is 0 Å². The molecule has 0 aliphatic carbocycles. The van der Waals surface area contributed by atoms with Gasteiger partial charge in [0.25, 0.3) is 0 Å². The molecular weight excluding hydrogens is 308 g/mol. The predicted molar refractivity (Wildman–Crippen MR) is 94.1 cm³/mol. The molecule has 2 aromatic rings. The van der Waals surface area contributed by atoms with E-state index in [1.54, 1.807) is 11.3 Å². The van der Waals surface area contributed by atoms with Gasteiger partial charge in [0, 0.05) is 42.8 Å². The number of aryl methyl sites for hydroxylation is 1. The van der Waals surface area contributed by atoms with Crippen LogP contribution < -0.4 is 4.90 Å². The van der Waals surface area contributed by atoms with E-state index in [1.165, 1.54) is 5.56 Å². The monoisotopic (exact) mass is 330 g/mol. The quantitative estimate of drug-likeness (QED) is 0.756. The number of rotatable bonds is 6. The Balaban J connectivity index is 1.70. The predicted octanol–water partition coefficient (Wildman–Crippen LogP) is 3.82. The SMILES string of the molecule is CCOCCCC(=O)N1CCc2cc(-c3csc(C)n3)ccc21. The minimum atomic E-state index is 0.195. The van der Waals surface area contributed by atoms with Crippen LogP contribution in [0.4, 0.5) is 5.69 Å². The maximum Gasteiger partial charge on any atom is 0.227 e. The van der Waals surface area contributed by atoms with E-state index in [0.29, 0.717) is 19.6 Å². The van der Waals surface area contributed by atoms with Gasteiger partial charge in [0.05, 0.1) is 10.7 Å². The highest BCUT2D eigenvalue weighted by molar-refractivity contribution is 7.09. The topological polar surface area (TPSA) is 42.4 Å². The number of aromatic nitrogens is 1. The minimum absolute atomic E-state index is 0.195. The first kappa shape index (κ1) is 16.1. The molecule has 122 valence electrons. The fourth-order valence-electron chi connectivity index (χ4n) is 2.92. The van der Waals surface area contributed by atoms with Gasteiger partial charge in [0.2, 0.25) is 5.91 Å². The molecule has 1 aromatic carbocycles. The van der Waals surface area contributed by atoms with Crippen molar-refractivity contribution in [2.24, 2.45) is 0 Å². The lowest BCUT2D eigenvalue weighted by Crippen LogP contribution is -2.28. The number of ether oxygens (including phenoxy) is 1. The summed E-state index contributed by atoms with van der Waals surface area (Å²) < 4.78 is 5.31. The van der Waals surface area contributed by atoms with Crippen LogP contribution in [0, 0.1) is 6.92 Å². The van der Waals surface area contributed by atoms with Crippen LogP contribution in [0.2, 0.25) is 0 Å². The first-order valence-corrected chi connectivity index (χ1v) is 9.00. The molecule has 0 saturated carbocycles. The molecule has 23 heavy (non-hydrogen) atoms. The Kier molecular flexibility index (Phi) is 5.08. The van der Waals surface area contributed by atoms with E-state index in [9.17, 15) is 4.79 Å². The highest BCUT2D eigenvalue weighted by Crippen LogP contribution is 2.33. The normalized spacial score (nSPS) is 13.4. The molecule has 0 fully saturated rings. The van der Waals surface area contributed by atoms with Crippen molar-refractivity contribution in [2.75, 3.05) is 24.7 Å². The number of hydrogen-bond donors (Lipinski definition) is 0. The molecule has 1 amide bonds. The molecule has 0 spiro atoms. The van der Waals surface area contributed by atoms with Crippen molar-refractivity contribution >= 4 is 22.9 Å². The summed E-state index contributed by atoms with van der Waals surface area (Å²) in [6.07, 6.45) is 2.25. The second-order valence-electron chi connectivity index (χ2n) is 5.69. The van der Waals surface area contributed by atoms with Crippen LogP contribution in [0.1, 0.15) is 30.3 Å². The first-order valence-electron chi connectivity index (χ1n) is 8.12.